The molecule has 4 rings (SSSR count). The number of rotatable bonds is 2. The van der Waals surface area contributed by atoms with E-state index in [4.69, 9.17) is 9.47 Å². The number of aromatic nitrogens is 3. The lowest BCUT2D eigenvalue weighted by molar-refractivity contribution is -0.0297. The van der Waals surface area contributed by atoms with Crippen molar-refractivity contribution in [2.45, 2.75) is 6.42 Å². The van der Waals surface area contributed by atoms with Gasteiger partial charge in [0.25, 0.3) is 5.91 Å². The average Bonchev–Trinajstić information content (AvgIpc) is 2.92. The summed E-state index contributed by atoms with van der Waals surface area (Å²) in [6.07, 6.45) is 0.936. The van der Waals surface area contributed by atoms with Gasteiger partial charge in [0.2, 0.25) is 5.82 Å². The average molecular weight is 314 g/mol. The van der Waals surface area contributed by atoms with Crippen LogP contribution in [0.5, 0.6) is 11.8 Å². The molecule has 7 nitrogen and oxygen atoms in total. The number of para-hydroxylation sites is 1. The molecule has 2 aliphatic heterocycles. The zero-order chi connectivity index (χ0) is 16.0. The van der Waals surface area contributed by atoms with Crippen LogP contribution in [0.3, 0.4) is 0 Å². The van der Waals surface area contributed by atoms with Crippen LogP contribution in [0.25, 0.3) is 0 Å². The second-order valence-corrected chi connectivity index (χ2v) is 6.28. The smallest absolute Gasteiger partial charge is 0.314 e. The molecule has 0 saturated carbocycles. The minimum absolute atomic E-state index is 0.0167. The summed E-state index contributed by atoms with van der Waals surface area (Å²) >= 11 is 0. The first-order chi connectivity index (χ1) is 11.1. The normalized spacial score (nSPS) is 18.1. The highest BCUT2D eigenvalue weighted by atomic mass is 16.5. The number of carbonyl (C=O) groups is 1. The number of carbonyl (C=O) groups excluding carboxylic acids is 1. The maximum absolute atomic E-state index is 12.5. The summed E-state index contributed by atoms with van der Waals surface area (Å²) in [5.41, 5.74) is 1.23. The number of aryl methyl sites for hydroxylation is 1. The predicted octanol–water partition coefficient (Wildman–Crippen LogP) is 0.901. The van der Waals surface area contributed by atoms with Crippen LogP contribution in [-0.2, 0) is 13.5 Å². The maximum atomic E-state index is 12.5. The first-order valence-electron chi connectivity index (χ1n) is 7.55. The number of amides is 1. The summed E-state index contributed by atoms with van der Waals surface area (Å²) in [5, 5.41) is 4.11. The molecule has 0 atom stereocenters. The lowest BCUT2D eigenvalue weighted by Crippen LogP contribution is -2.63. The summed E-state index contributed by atoms with van der Waals surface area (Å²) in [6.45, 7) is 1.98. The van der Waals surface area contributed by atoms with Gasteiger partial charge >= 0.3 is 6.01 Å². The van der Waals surface area contributed by atoms with E-state index in [2.05, 4.69) is 16.1 Å². The first kappa shape index (κ1) is 14.0. The standard InChI is InChI=1S/C16H18N4O3/c1-19-15(22-2)17-13(18-19)14(21)20-8-16(9-20)7-11-5-3-4-6-12(11)23-10-16/h3-6H,7-10H2,1-2H3. The van der Waals surface area contributed by atoms with Gasteiger partial charge in [0.15, 0.2) is 0 Å². The van der Waals surface area contributed by atoms with Crippen LogP contribution < -0.4 is 9.47 Å². The molecule has 0 N–H and O–H groups in total. The van der Waals surface area contributed by atoms with Crippen LogP contribution in [0.15, 0.2) is 24.3 Å². The highest BCUT2D eigenvalue weighted by molar-refractivity contribution is 5.91. The van der Waals surface area contributed by atoms with Crippen molar-refractivity contribution in [1.82, 2.24) is 19.7 Å². The van der Waals surface area contributed by atoms with Crippen molar-refractivity contribution >= 4 is 5.91 Å². The monoisotopic (exact) mass is 314 g/mol. The van der Waals surface area contributed by atoms with Gasteiger partial charge in [-0.25, -0.2) is 4.68 Å². The van der Waals surface area contributed by atoms with Crippen molar-refractivity contribution in [3.05, 3.63) is 35.7 Å². The third-order valence-corrected chi connectivity index (χ3v) is 4.51. The van der Waals surface area contributed by atoms with Gasteiger partial charge in [-0.2, -0.15) is 4.98 Å². The Morgan fingerprint density at radius 1 is 1.35 bits per heavy atom. The molecule has 1 aromatic carbocycles. The Hall–Kier alpha value is -2.57. The molecule has 1 spiro atoms. The Labute approximate surface area is 133 Å². The topological polar surface area (TPSA) is 69.5 Å². The highest BCUT2D eigenvalue weighted by Gasteiger charge is 2.48. The van der Waals surface area contributed by atoms with Crippen molar-refractivity contribution in [3.63, 3.8) is 0 Å². The largest absolute Gasteiger partial charge is 0.493 e. The molecule has 2 aliphatic rings. The van der Waals surface area contributed by atoms with Gasteiger partial charge in [-0.1, -0.05) is 18.2 Å². The molecule has 23 heavy (non-hydrogen) atoms. The number of methoxy groups -OCH3 is 1. The number of likely N-dealkylation sites (tertiary alicyclic amines) is 1. The zero-order valence-corrected chi connectivity index (χ0v) is 13.2. The van der Waals surface area contributed by atoms with Gasteiger partial charge < -0.3 is 14.4 Å². The summed E-state index contributed by atoms with van der Waals surface area (Å²) in [6, 6.07) is 8.42. The predicted molar refractivity (Wildman–Crippen MR) is 81.5 cm³/mol. The van der Waals surface area contributed by atoms with Crippen LogP contribution in [0.1, 0.15) is 16.2 Å². The van der Waals surface area contributed by atoms with E-state index in [1.807, 2.05) is 18.2 Å². The molecule has 3 heterocycles. The lowest BCUT2D eigenvalue weighted by atomic mass is 9.74. The summed E-state index contributed by atoms with van der Waals surface area (Å²) in [7, 11) is 3.21. The fourth-order valence-electron chi connectivity index (χ4n) is 3.37. The molecule has 1 aromatic heterocycles. The third-order valence-electron chi connectivity index (χ3n) is 4.51. The van der Waals surface area contributed by atoms with Gasteiger partial charge in [-0.3, -0.25) is 4.79 Å². The Morgan fingerprint density at radius 3 is 2.87 bits per heavy atom. The Kier molecular flexibility index (Phi) is 3.04. The SMILES string of the molecule is COc1nc(C(=O)N2CC3(COc4ccccc4C3)C2)nn1C. The van der Waals surface area contributed by atoms with Crippen molar-refractivity contribution in [2.75, 3.05) is 26.8 Å². The quantitative estimate of drug-likeness (QED) is 0.824. The molecule has 1 saturated heterocycles. The molecule has 0 aliphatic carbocycles. The van der Waals surface area contributed by atoms with Gasteiger partial charge in [0, 0.05) is 25.6 Å². The number of nitrogens with zero attached hydrogens (tertiary/aromatic N) is 4. The minimum Gasteiger partial charge on any atom is -0.493 e. The highest BCUT2D eigenvalue weighted by Crippen LogP contribution is 2.41. The molecule has 2 aromatic rings. The van der Waals surface area contributed by atoms with E-state index in [0.717, 1.165) is 12.2 Å². The van der Waals surface area contributed by atoms with E-state index >= 15 is 0 Å². The van der Waals surface area contributed by atoms with E-state index in [-0.39, 0.29) is 17.1 Å². The molecule has 1 amide bonds. The van der Waals surface area contributed by atoms with Gasteiger partial charge in [-0.15, -0.1) is 5.10 Å². The van der Waals surface area contributed by atoms with Gasteiger partial charge in [-0.05, 0) is 18.1 Å². The van der Waals surface area contributed by atoms with Crippen LogP contribution >= 0.6 is 0 Å². The fraction of sp³-hybridized carbons (Fsp3) is 0.438. The zero-order valence-electron chi connectivity index (χ0n) is 13.2. The molecule has 0 unspecified atom stereocenters. The number of hydrogen-bond acceptors (Lipinski definition) is 5. The van der Waals surface area contributed by atoms with Crippen molar-refractivity contribution in [3.8, 4) is 11.8 Å². The second kappa shape index (κ2) is 4.97. The summed E-state index contributed by atoms with van der Waals surface area (Å²) in [4.78, 5) is 18.3. The van der Waals surface area contributed by atoms with E-state index in [1.165, 1.54) is 17.4 Å². The molecule has 0 bridgehead atoms. The maximum Gasteiger partial charge on any atom is 0.314 e. The first-order valence-corrected chi connectivity index (χ1v) is 7.55. The van der Waals surface area contributed by atoms with Gasteiger partial charge in [0.05, 0.1) is 13.7 Å². The summed E-state index contributed by atoms with van der Waals surface area (Å²) in [5.74, 6) is 0.976. The van der Waals surface area contributed by atoms with Crippen LogP contribution in [0.2, 0.25) is 0 Å². The summed E-state index contributed by atoms with van der Waals surface area (Å²) < 4.78 is 12.4. The molecule has 120 valence electrons. The molecule has 0 radical (unpaired) electrons. The third kappa shape index (κ3) is 2.23. The van der Waals surface area contributed by atoms with Crippen molar-refractivity contribution < 1.29 is 14.3 Å². The number of fused-ring (bicyclic) bond motifs is 1. The second-order valence-electron chi connectivity index (χ2n) is 6.28. The van der Waals surface area contributed by atoms with E-state index in [9.17, 15) is 4.79 Å². The Balaban J connectivity index is 1.46. The minimum atomic E-state index is -0.159. The molecule has 1 fully saturated rings. The van der Waals surface area contributed by atoms with Crippen LogP contribution in [-0.4, -0.2) is 52.4 Å². The van der Waals surface area contributed by atoms with E-state index in [1.54, 1.807) is 11.9 Å². The van der Waals surface area contributed by atoms with Crippen LogP contribution in [0, 0.1) is 5.41 Å². The lowest BCUT2D eigenvalue weighted by Gasteiger charge is -2.51. The molecular formula is C16H18N4O3. The van der Waals surface area contributed by atoms with Crippen molar-refractivity contribution in [1.29, 1.82) is 0 Å². The molecular weight excluding hydrogens is 296 g/mol. The Bertz CT molecular complexity index is 764. The van der Waals surface area contributed by atoms with Gasteiger partial charge in [0.1, 0.15) is 5.75 Å². The van der Waals surface area contributed by atoms with E-state index in [0.29, 0.717) is 25.7 Å². The number of hydrogen-bond donors (Lipinski definition) is 0. The number of benzene rings is 1. The van der Waals surface area contributed by atoms with E-state index < -0.39 is 0 Å². The Morgan fingerprint density at radius 2 is 2.13 bits per heavy atom. The number of ether oxygens (including phenoxy) is 2. The van der Waals surface area contributed by atoms with Crippen molar-refractivity contribution in [2.24, 2.45) is 12.5 Å². The molecule has 7 heteroatoms. The fourth-order valence-corrected chi connectivity index (χ4v) is 3.37. The van der Waals surface area contributed by atoms with Crippen LogP contribution in [0.4, 0.5) is 0 Å².